The molecule has 34 heavy (non-hydrogen) atoms. The second-order valence-corrected chi connectivity index (χ2v) is 8.47. The van der Waals surface area contributed by atoms with Gasteiger partial charge in [-0.15, -0.1) is 0 Å². The van der Waals surface area contributed by atoms with Crippen LogP contribution in [0.3, 0.4) is 0 Å². The number of nitrogens with zero attached hydrogens (tertiary/aromatic N) is 2. The lowest BCUT2D eigenvalue weighted by molar-refractivity contribution is 0.199. The number of benzene rings is 2. The third-order valence-electron chi connectivity index (χ3n) is 6.27. The lowest BCUT2D eigenvalue weighted by Gasteiger charge is -2.29. The molecule has 0 spiro atoms. The maximum atomic E-state index is 12.1. The van der Waals surface area contributed by atoms with Crippen molar-refractivity contribution in [2.24, 2.45) is 0 Å². The van der Waals surface area contributed by atoms with Crippen molar-refractivity contribution in [3.63, 3.8) is 0 Å². The summed E-state index contributed by atoms with van der Waals surface area (Å²) >= 11 is 0. The molecule has 7 heteroatoms. The number of rotatable bonds is 10. The molecule has 0 saturated carbocycles. The van der Waals surface area contributed by atoms with E-state index in [1.54, 1.807) is 26.5 Å². The number of ether oxygens (including phenoxy) is 3. The summed E-state index contributed by atoms with van der Waals surface area (Å²) in [5, 5.41) is 10.7. The van der Waals surface area contributed by atoms with Crippen molar-refractivity contribution in [2.45, 2.75) is 59.4 Å². The Labute approximate surface area is 201 Å². The van der Waals surface area contributed by atoms with Gasteiger partial charge in [0.25, 0.3) is 0 Å². The van der Waals surface area contributed by atoms with E-state index >= 15 is 0 Å². The Bertz CT molecular complexity index is 1160. The Morgan fingerprint density at radius 2 is 1.71 bits per heavy atom. The minimum atomic E-state index is -0.943. The fourth-order valence-electron chi connectivity index (χ4n) is 4.16. The van der Waals surface area contributed by atoms with Gasteiger partial charge in [0.1, 0.15) is 11.5 Å². The number of fused-ring (bicyclic) bond motifs is 1. The molecule has 1 heterocycles. The van der Waals surface area contributed by atoms with Crippen LogP contribution in [0.15, 0.2) is 36.5 Å². The molecular formula is C27H34N2O5. The molecule has 1 N–H and O–H groups in total. The summed E-state index contributed by atoms with van der Waals surface area (Å²) in [5.41, 5.74) is 3.17. The Balaban J connectivity index is 1.96. The average Bonchev–Trinajstić information content (AvgIpc) is 2.82. The normalized spacial score (nSPS) is 11.8. The van der Waals surface area contributed by atoms with Crippen LogP contribution in [0, 0.1) is 13.8 Å². The lowest BCUT2D eigenvalue weighted by Crippen LogP contribution is -2.38. The monoisotopic (exact) mass is 466 g/mol. The number of aromatic nitrogens is 1. The van der Waals surface area contributed by atoms with Crippen LogP contribution in [0.4, 0.5) is 10.5 Å². The first-order chi connectivity index (χ1) is 16.3. The number of methoxy groups -OCH3 is 2. The van der Waals surface area contributed by atoms with Gasteiger partial charge in [-0.1, -0.05) is 26.2 Å². The summed E-state index contributed by atoms with van der Waals surface area (Å²) in [5.74, 6) is 2.47. The van der Waals surface area contributed by atoms with Crippen LogP contribution >= 0.6 is 0 Å². The van der Waals surface area contributed by atoms with E-state index in [0.29, 0.717) is 28.7 Å². The number of pyridine rings is 1. The van der Waals surface area contributed by atoms with E-state index in [9.17, 15) is 9.90 Å². The quantitative estimate of drug-likeness (QED) is 0.321. The number of hydrogen-bond acceptors (Lipinski definition) is 5. The van der Waals surface area contributed by atoms with Crippen LogP contribution in [0.25, 0.3) is 10.9 Å². The van der Waals surface area contributed by atoms with Crippen LogP contribution in [-0.4, -0.2) is 36.4 Å². The van der Waals surface area contributed by atoms with Gasteiger partial charge in [0, 0.05) is 23.7 Å². The van der Waals surface area contributed by atoms with Crippen molar-refractivity contribution >= 4 is 22.7 Å². The minimum Gasteiger partial charge on any atom is -0.493 e. The second kappa shape index (κ2) is 11.1. The largest absolute Gasteiger partial charge is 0.493 e. The van der Waals surface area contributed by atoms with Crippen molar-refractivity contribution in [3.05, 3.63) is 47.7 Å². The van der Waals surface area contributed by atoms with E-state index in [-0.39, 0.29) is 6.04 Å². The standard InChI is InChI=1S/C27H34N2O5/c1-7-8-9-10-17(2)29(27(30)31)22-11-12-23(19(4)18(22)3)34-24-13-14-28-21-16-26(33-6)25(32-5)15-20(21)24/h11-17H,7-10H2,1-6H3,(H,30,31). The first-order valence-electron chi connectivity index (χ1n) is 11.6. The Kier molecular flexibility index (Phi) is 8.21. The molecule has 3 rings (SSSR count). The second-order valence-electron chi connectivity index (χ2n) is 8.47. The number of carboxylic acid groups (broad SMARTS) is 1. The van der Waals surface area contributed by atoms with Crippen LogP contribution in [0.1, 0.15) is 50.7 Å². The number of unbranched alkanes of at least 4 members (excludes halogenated alkanes) is 2. The molecule has 0 aliphatic heterocycles. The topological polar surface area (TPSA) is 81.1 Å². The highest BCUT2D eigenvalue weighted by atomic mass is 16.5. The molecule has 3 aromatic rings. The van der Waals surface area contributed by atoms with Gasteiger partial charge in [-0.25, -0.2) is 4.79 Å². The van der Waals surface area contributed by atoms with E-state index in [1.165, 1.54) is 4.90 Å². The third kappa shape index (κ3) is 5.19. The summed E-state index contributed by atoms with van der Waals surface area (Å²) in [7, 11) is 3.17. The van der Waals surface area contributed by atoms with Crippen LogP contribution in [-0.2, 0) is 0 Å². The predicted molar refractivity (Wildman–Crippen MR) is 135 cm³/mol. The molecule has 0 aliphatic rings. The summed E-state index contributed by atoms with van der Waals surface area (Å²) in [6.45, 7) is 7.99. The fourth-order valence-corrected chi connectivity index (χ4v) is 4.16. The molecule has 0 saturated heterocycles. The zero-order valence-corrected chi connectivity index (χ0v) is 20.8. The molecule has 182 valence electrons. The van der Waals surface area contributed by atoms with E-state index in [0.717, 1.165) is 47.7 Å². The first kappa shape index (κ1) is 25.1. The first-order valence-corrected chi connectivity index (χ1v) is 11.6. The van der Waals surface area contributed by atoms with Crippen molar-refractivity contribution in [2.75, 3.05) is 19.1 Å². The number of hydrogen-bond donors (Lipinski definition) is 1. The van der Waals surface area contributed by atoms with Gasteiger partial charge >= 0.3 is 6.09 Å². The van der Waals surface area contributed by atoms with Crippen LogP contribution in [0.5, 0.6) is 23.0 Å². The highest BCUT2D eigenvalue weighted by Gasteiger charge is 2.24. The summed E-state index contributed by atoms with van der Waals surface area (Å²) < 4.78 is 17.1. The minimum absolute atomic E-state index is 0.111. The van der Waals surface area contributed by atoms with Crippen molar-refractivity contribution in [1.29, 1.82) is 0 Å². The molecule has 0 bridgehead atoms. The predicted octanol–water partition coefficient (Wildman–Crippen LogP) is 7.11. The van der Waals surface area contributed by atoms with Gasteiger partial charge < -0.3 is 19.3 Å². The molecule has 1 amide bonds. The van der Waals surface area contributed by atoms with Crippen LogP contribution < -0.4 is 19.1 Å². The van der Waals surface area contributed by atoms with E-state index < -0.39 is 6.09 Å². The van der Waals surface area contributed by atoms with Gasteiger partial charge in [-0.3, -0.25) is 9.88 Å². The molecule has 1 aromatic heterocycles. The van der Waals surface area contributed by atoms with Crippen molar-refractivity contribution < 1.29 is 24.1 Å². The molecule has 0 radical (unpaired) electrons. The molecule has 1 unspecified atom stereocenters. The Morgan fingerprint density at radius 3 is 2.35 bits per heavy atom. The van der Waals surface area contributed by atoms with Crippen molar-refractivity contribution in [1.82, 2.24) is 4.98 Å². The summed E-state index contributed by atoms with van der Waals surface area (Å²) in [6.07, 6.45) is 4.77. The fraction of sp³-hybridized carbons (Fsp3) is 0.407. The smallest absolute Gasteiger partial charge is 0.412 e. The van der Waals surface area contributed by atoms with Gasteiger partial charge in [0.15, 0.2) is 11.5 Å². The van der Waals surface area contributed by atoms with E-state index in [1.807, 2.05) is 45.0 Å². The van der Waals surface area contributed by atoms with E-state index in [4.69, 9.17) is 14.2 Å². The zero-order chi connectivity index (χ0) is 24.8. The van der Waals surface area contributed by atoms with Crippen molar-refractivity contribution in [3.8, 4) is 23.0 Å². The van der Waals surface area contributed by atoms with Gasteiger partial charge in [0.2, 0.25) is 0 Å². The third-order valence-corrected chi connectivity index (χ3v) is 6.27. The SMILES string of the molecule is CCCCCC(C)N(C(=O)O)c1ccc(Oc2ccnc3cc(OC)c(OC)cc23)c(C)c1C. The molecule has 2 aromatic carbocycles. The van der Waals surface area contributed by atoms with E-state index in [2.05, 4.69) is 11.9 Å². The van der Waals surface area contributed by atoms with Crippen LogP contribution in [0.2, 0.25) is 0 Å². The number of amides is 1. The Hall–Kier alpha value is -3.48. The summed E-state index contributed by atoms with van der Waals surface area (Å²) in [6, 6.07) is 9.01. The number of anilines is 1. The maximum absolute atomic E-state index is 12.1. The summed E-state index contributed by atoms with van der Waals surface area (Å²) in [4.78, 5) is 18.0. The highest BCUT2D eigenvalue weighted by molar-refractivity contribution is 5.89. The molecule has 7 nitrogen and oxygen atoms in total. The molecule has 0 aliphatic carbocycles. The van der Waals surface area contributed by atoms with Gasteiger partial charge in [-0.2, -0.15) is 0 Å². The van der Waals surface area contributed by atoms with Gasteiger partial charge in [-0.05, 0) is 62.6 Å². The maximum Gasteiger partial charge on any atom is 0.412 e. The average molecular weight is 467 g/mol. The highest BCUT2D eigenvalue weighted by Crippen LogP contribution is 2.39. The Morgan fingerprint density at radius 1 is 1.00 bits per heavy atom. The molecule has 0 fully saturated rings. The zero-order valence-electron chi connectivity index (χ0n) is 20.8. The molecular weight excluding hydrogens is 432 g/mol. The van der Waals surface area contributed by atoms with Gasteiger partial charge in [0.05, 0.1) is 25.4 Å². The lowest BCUT2D eigenvalue weighted by atomic mass is 10.0. The molecule has 1 atom stereocenters. The number of carbonyl (C=O) groups is 1.